The second-order valence-corrected chi connectivity index (χ2v) is 6.83. The molecule has 0 unspecified atom stereocenters. The predicted molar refractivity (Wildman–Crippen MR) is 99.0 cm³/mol. The fourth-order valence-corrected chi connectivity index (χ4v) is 2.91. The van der Waals surface area contributed by atoms with E-state index >= 15 is 0 Å². The number of hydrogen-bond acceptors (Lipinski definition) is 0. The van der Waals surface area contributed by atoms with Gasteiger partial charge in [-0.2, -0.15) is 0 Å². The highest BCUT2D eigenvalue weighted by Crippen LogP contribution is 2.14. The van der Waals surface area contributed by atoms with Gasteiger partial charge in [-0.15, -0.1) is 0 Å². The van der Waals surface area contributed by atoms with E-state index in [0.717, 1.165) is 0 Å². The molecule has 0 heteroatoms. The molecule has 0 aromatic rings. The standard InChI is InChI=1S/C21H42/c1-4-6-8-10-11-12-13-14-16-18-20-21(3)19-17-15-9-7-5-2/h20H,4-19H2,1-3H3/b21-20+. The summed E-state index contributed by atoms with van der Waals surface area (Å²) in [5.74, 6) is 0. The van der Waals surface area contributed by atoms with Crippen LogP contribution in [0.1, 0.15) is 124 Å². The Kier molecular flexibility index (Phi) is 17.6. The third kappa shape index (κ3) is 17.7. The molecule has 0 bridgehead atoms. The molecule has 21 heavy (non-hydrogen) atoms. The second kappa shape index (κ2) is 17.8. The van der Waals surface area contributed by atoms with Gasteiger partial charge < -0.3 is 0 Å². The first-order valence-electron chi connectivity index (χ1n) is 9.96. The Morgan fingerprint density at radius 1 is 0.571 bits per heavy atom. The lowest BCUT2D eigenvalue weighted by Gasteiger charge is -2.03. The molecule has 0 amide bonds. The van der Waals surface area contributed by atoms with Crippen molar-refractivity contribution in [2.24, 2.45) is 0 Å². The highest BCUT2D eigenvalue weighted by atomic mass is 14.0. The van der Waals surface area contributed by atoms with Crippen molar-refractivity contribution in [1.82, 2.24) is 0 Å². The summed E-state index contributed by atoms with van der Waals surface area (Å²) in [6, 6.07) is 0. The highest BCUT2D eigenvalue weighted by Gasteiger charge is 1.94. The summed E-state index contributed by atoms with van der Waals surface area (Å²) in [4.78, 5) is 0. The van der Waals surface area contributed by atoms with Crippen LogP contribution < -0.4 is 0 Å². The van der Waals surface area contributed by atoms with Crippen molar-refractivity contribution in [3.8, 4) is 0 Å². The molecule has 0 aliphatic carbocycles. The monoisotopic (exact) mass is 294 g/mol. The lowest BCUT2D eigenvalue weighted by Crippen LogP contribution is -1.83. The topological polar surface area (TPSA) is 0 Å². The van der Waals surface area contributed by atoms with Crippen LogP contribution in [0.15, 0.2) is 11.6 Å². The fraction of sp³-hybridized carbons (Fsp3) is 0.905. The summed E-state index contributed by atoms with van der Waals surface area (Å²) < 4.78 is 0. The van der Waals surface area contributed by atoms with E-state index in [4.69, 9.17) is 0 Å². The van der Waals surface area contributed by atoms with Gasteiger partial charge in [-0.25, -0.2) is 0 Å². The molecule has 0 atom stereocenters. The molecule has 0 rings (SSSR count). The van der Waals surface area contributed by atoms with E-state index in [1.165, 1.54) is 103 Å². The molecule has 0 fully saturated rings. The summed E-state index contributed by atoms with van der Waals surface area (Å²) in [7, 11) is 0. The second-order valence-electron chi connectivity index (χ2n) is 6.83. The minimum atomic E-state index is 1.32. The first-order chi connectivity index (χ1) is 10.3. The number of hydrogen-bond donors (Lipinski definition) is 0. The summed E-state index contributed by atoms with van der Waals surface area (Å²) in [6.45, 7) is 6.91. The number of rotatable bonds is 16. The van der Waals surface area contributed by atoms with Crippen LogP contribution in [0.2, 0.25) is 0 Å². The van der Waals surface area contributed by atoms with Gasteiger partial charge in [0.1, 0.15) is 0 Å². The third-order valence-electron chi connectivity index (χ3n) is 4.48. The minimum Gasteiger partial charge on any atom is -0.0856 e. The van der Waals surface area contributed by atoms with Gasteiger partial charge in [0.2, 0.25) is 0 Å². The van der Waals surface area contributed by atoms with E-state index in [1.807, 2.05) is 0 Å². The van der Waals surface area contributed by atoms with Crippen molar-refractivity contribution in [3.05, 3.63) is 11.6 Å². The summed E-state index contributed by atoms with van der Waals surface area (Å²) in [5.41, 5.74) is 1.63. The van der Waals surface area contributed by atoms with Gasteiger partial charge in [-0.05, 0) is 32.6 Å². The molecular formula is C21H42. The molecule has 0 saturated heterocycles. The van der Waals surface area contributed by atoms with Crippen molar-refractivity contribution in [2.75, 3.05) is 0 Å². The van der Waals surface area contributed by atoms with Gasteiger partial charge in [0, 0.05) is 0 Å². The lowest BCUT2D eigenvalue weighted by molar-refractivity contribution is 0.566. The van der Waals surface area contributed by atoms with E-state index in [9.17, 15) is 0 Å². The first kappa shape index (κ1) is 20.7. The number of allylic oxidation sites excluding steroid dienone is 2. The molecule has 0 aliphatic heterocycles. The highest BCUT2D eigenvalue weighted by molar-refractivity contribution is 4.97. The Hall–Kier alpha value is -0.260. The predicted octanol–water partition coefficient (Wildman–Crippen LogP) is 8.21. The van der Waals surface area contributed by atoms with E-state index in [-0.39, 0.29) is 0 Å². The molecule has 0 aromatic carbocycles. The van der Waals surface area contributed by atoms with Crippen LogP contribution in [0.25, 0.3) is 0 Å². The smallest absolute Gasteiger partial charge is 0.0323 e. The maximum Gasteiger partial charge on any atom is -0.0323 e. The van der Waals surface area contributed by atoms with Crippen molar-refractivity contribution in [3.63, 3.8) is 0 Å². The van der Waals surface area contributed by atoms with Crippen LogP contribution in [0.5, 0.6) is 0 Å². The molecule has 0 N–H and O–H groups in total. The van der Waals surface area contributed by atoms with Crippen molar-refractivity contribution in [1.29, 1.82) is 0 Å². The van der Waals surface area contributed by atoms with Crippen LogP contribution >= 0.6 is 0 Å². The van der Waals surface area contributed by atoms with Crippen LogP contribution in [-0.2, 0) is 0 Å². The zero-order valence-corrected chi connectivity index (χ0v) is 15.4. The van der Waals surface area contributed by atoms with Crippen LogP contribution in [0.4, 0.5) is 0 Å². The third-order valence-corrected chi connectivity index (χ3v) is 4.48. The average molecular weight is 295 g/mol. The summed E-state index contributed by atoms with van der Waals surface area (Å²) in [5, 5.41) is 0. The minimum absolute atomic E-state index is 1.32. The number of unbranched alkanes of at least 4 members (excludes halogenated alkanes) is 13. The van der Waals surface area contributed by atoms with E-state index in [0.29, 0.717) is 0 Å². The van der Waals surface area contributed by atoms with E-state index < -0.39 is 0 Å². The molecule has 0 radical (unpaired) electrons. The Bertz CT molecular complexity index is 214. The molecule has 0 saturated carbocycles. The molecule has 0 heterocycles. The molecule has 0 spiro atoms. The summed E-state index contributed by atoms with van der Waals surface area (Å²) in [6.07, 6.45) is 25.1. The molecule has 0 nitrogen and oxygen atoms in total. The molecule has 0 aromatic heterocycles. The van der Waals surface area contributed by atoms with Gasteiger partial charge >= 0.3 is 0 Å². The van der Waals surface area contributed by atoms with Crippen molar-refractivity contribution < 1.29 is 0 Å². The normalized spacial score (nSPS) is 12.0. The van der Waals surface area contributed by atoms with Crippen LogP contribution in [-0.4, -0.2) is 0 Å². The van der Waals surface area contributed by atoms with Crippen molar-refractivity contribution in [2.45, 2.75) is 124 Å². The first-order valence-corrected chi connectivity index (χ1v) is 9.96. The zero-order chi connectivity index (χ0) is 15.6. The maximum absolute atomic E-state index is 2.50. The Labute approximate surface area is 135 Å². The largest absolute Gasteiger partial charge is 0.0856 e. The maximum atomic E-state index is 2.50. The van der Waals surface area contributed by atoms with Gasteiger partial charge in [0.05, 0.1) is 0 Å². The fourth-order valence-electron chi connectivity index (χ4n) is 2.91. The Morgan fingerprint density at radius 3 is 1.52 bits per heavy atom. The van der Waals surface area contributed by atoms with Gasteiger partial charge in [-0.3, -0.25) is 0 Å². The van der Waals surface area contributed by atoms with Crippen LogP contribution in [0.3, 0.4) is 0 Å². The zero-order valence-electron chi connectivity index (χ0n) is 15.4. The van der Waals surface area contributed by atoms with Gasteiger partial charge in [-0.1, -0.05) is 103 Å². The van der Waals surface area contributed by atoms with Gasteiger partial charge in [0.25, 0.3) is 0 Å². The Balaban J connectivity index is 3.22. The van der Waals surface area contributed by atoms with E-state index in [2.05, 4.69) is 26.8 Å². The molecule has 0 aliphatic rings. The lowest BCUT2D eigenvalue weighted by atomic mass is 10.0. The molecular weight excluding hydrogens is 252 g/mol. The average Bonchev–Trinajstić information content (AvgIpc) is 2.49. The summed E-state index contributed by atoms with van der Waals surface area (Å²) >= 11 is 0. The quantitative estimate of drug-likeness (QED) is 0.199. The Morgan fingerprint density at radius 2 is 1.00 bits per heavy atom. The van der Waals surface area contributed by atoms with Crippen molar-refractivity contribution >= 4 is 0 Å². The SMILES string of the molecule is CCCCCCCCCCC/C=C(\C)CCCCCCC. The van der Waals surface area contributed by atoms with Crippen LogP contribution in [0, 0.1) is 0 Å². The van der Waals surface area contributed by atoms with E-state index in [1.54, 1.807) is 5.57 Å². The molecule has 126 valence electrons. The van der Waals surface area contributed by atoms with Gasteiger partial charge in [0.15, 0.2) is 0 Å².